The maximum absolute atomic E-state index is 12.3. The first kappa shape index (κ1) is 23.6. The maximum atomic E-state index is 12.3. The van der Waals surface area contributed by atoms with Crippen LogP contribution in [0.3, 0.4) is 0 Å². The molecule has 0 bridgehead atoms. The summed E-state index contributed by atoms with van der Waals surface area (Å²) in [5.41, 5.74) is 6.97. The first-order chi connectivity index (χ1) is 15.8. The van der Waals surface area contributed by atoms with Gasteiger partial charge < -0.3 is 30.0 Å². The fourth-order valence-corrected chi connectivity index (χ4v) is 3.30. The second-order valence-electron chi connectivity index (χ2n) is 7.36. The van der Waals surface area contributed by atoms with Crippen LogP contribution in [0, 0.1) is 10.8 Å². The number of carbonyl (C=O) groups excluding carboxylic acids is 1. The minimum absolute atomic E-state index is 0.0196. The van der Waals surface area contributed by atoms with Crippen molar-refractivity contribution in [3.05, 3.63) is 59.2 Å². The second kappa shape index (κ2) is 11.0. The summed E-state index contributed by atoms with van der Waals surface area (Å²) in [6.45, 7) is 1.11. The van der Waals surface area contributed by atoms with Crippen LogP contribution in [0.2, 0.25) is 0 Å². The van der Waals surface area contributed by atoms with Gasteiger partial charge in [0.2, 0.25) is 0 Å². The van der Waals surface area contributed by atoms with Gasteiger partial charge in [-0.3, -0.25) is 10.8 Å². The highest BCUT2D eigenvalue weighted by atomic mass is 16.6. The second-order valence-corrected chi connectivity index (χ2v) is 7.36. The zero-order chi connectivity index (χ0) is 23.8. The Morgan fingerprint density at radius 1 is 0.909 bits per heavy atom. The lowest BCUT2D eigenvalue weighted by Crippen LogP contribution is -2.27. The SMILES string of the molecule is N=C(N)c1ccc(OCC(=O)O)c(OCCOC(=O)c2ccc(C(=N)N3CCCC3)cc2)c1. The third-order valence-electron chi connectivity index (χ3n) is 5.00. The minimum atomic E-state index is -1.15. The van der Waals surface area contributed by atoms with E-state index in [1.54, 1.807) is 24.3 Å². The number of amidine groups is 2. The average molecular weight is 454 g/mol. The summed E-state index contributed by atoms with van der Waals surface area (Å²) in [7, 11) is 0. The molecule has 1 heterocycles. The largest absolute Gasteiger partial charge is 0.486 e. The van der Waals surface area contributed by atoms with Gasteiger partial charge in [0.1, 0.15) is 24.9 Å². The molecule has 0 aliphatic carbocycles. The summed E-state index contributed by atoms with van der Waals surface area (Å²) in [5.74, 6) is -1.05. The molecule has 0 amide bonds. The van der Waals surface area contributed by atoms with Gasteiger partial charge in [0.15, 0.2) is 18.1 Å². The Kier molecular flexibility index (Phi) is 7.85. The van der Waals surface area contributed by atoms with Crippen LogP contribution in [-0.4, -0.2) is 66.5 Å². The molecule has 0 atom stereocenters. The van der Waals surface area contributed by atoms with E-state index >= 15 is 0 Å². The number of benzene rings is 2. The molecule has 1 aliphatic heterocycles. The van der Waals surface area contributed by atoms with Crippen molar-refractivity contribution in [2.24, 2.45) is 5.73 Å². The van der Waals surface area contributed by atoms with Crippen LogP contribution >= 0.6 is 0 Å². The predicted molar refractivity (Wildman–Crippen MR) is 120 cm³/mol. The summed E-state index contributed by atoms with van der Waals surface area (Å²) in [6.07, 6.45) is 2.17. The number of nitrogens with zero attached hydrogens (tertiary/aromatic N) is 1. The summed E-state index contributed by atoms with van der Waals surface area (Å²) >= 11 is 0. The van der Waals surface area contributed by atoms with Crippen molar-refractivity contribution in [1.29, 1.82) is 10.8 Å². The minimum Gasteiger partial charge on any atom is -0.486 e. The number of nitrogens with two attached hydrogens (primary N) is 1. The first-order valence-electron chi connectivity index (χ1n) is 10.4. The fourth-order valence-electron chi connectivity index (χ4n) is 3.30. The van der Waals surface area contributed by atoms with Gasteiger partial charge in [-0.1, -0.05) is 12.1 Å². The van der Waals surface area contributed by atoms with Crippen molar-refractivity contribution in [2.75, 3.05) is 32.9 Å². The number of nitrogen functional groups attached to an aromatic ring is 1. The molecule has 174 valence electrons. The van der Waals surface area contributed by atoms with E-state index in [0.717, 1.165) is 31.5 Å². The zero-order valence-electron chi connectivity index (χ0n) is 18.0. The molecule has 0 spiro atoms. The summed E-state index contributed by atoms with van der Waals surface area (Å²) in [4.78, 5) is 25.1. The normalized spacial score (nSPS) is 12.8. The molecule has 3 rings (SSSR count). The van der Waals surface area contributed by atoms with Crippen LogP contribution in [0.25, 0.3) is 0 Å². The topological polar surface area (TPSA) is 159 Å². The Morgan fingerprint density at radius 3 is 2.18 bits per heavy atom. The van der Waals surface area contributed by atoms with Crippen molar-refractivity contribution in [2.45, 2.75) is 12.8 Å². The zero-order valence-corrected chi connectivity index (χ0v) is 18.0. The lowest BCUT2D eigenvalue weighted by Gasteiger charge is -2.18. The quantitative estimate of drug-likeness (QED) is 0.184. The highest BCUT2D eigenvalue weighted by Gasteiger charge is 2.17. The van der Waals surface area contributed by atoms with E-state index in [0.29, 0.717) is 17.0 Å². The molecule has 0 radical (unpaired) electrons. The van der Waals surface area contributed by atoms with Gasteiger partial charge in [0.25, 0.3) is 0 Å². The average Bonchev–Trinajstić information content (AvgIpc) is 3.35. The van der Waals surface area contributed by atoms with E-state index in [9.17, 15) is 9.59 Å². The third kappa shape index (κ3) is 6.45. The molecule has 0 aromatic heterocycles. The van der Waals surface area contributed by atoms with E-state index in [1.807, 2.05) is 4.90 Å². The number of rotatable bonds is 10. The molecule has 1 aliphatic rings. The van der Waals surface area contributed by atoms with Crippen LogP contribution < -0.4 is 15.2 Å². The number of aliphatic carboxylic acids is 1. The highest BCUT2D eigenvalue weighted by Crippen LogP contribution is 2.28. The number of carbonyl (C=O) groups is 2. The van der Waals surface area contributed by atoms with E-state index in [2.05, 4.69) is 0 Å². The number of nitrogens with one attached hydrogen (secondary N) is 2. The van der Waals surface area contributed by atoms with Gasteiger partial charge in [0.05, 0.1) is 5.56 Å². The molecule has 33 heavy (non-hydrogen) atoms. The number of likely N-dealkylation sites (tertiary alicyclic amines) is 1. The van der Waals surface area contributed by atoms with E-state index < -0.39 is 18.5 Å². The van der Waals surface area contributed by atoms with E-state index in [1.165, 1.54) is 18.2 Å². The van der Waals surface area contributed by atoms with Crippen LogP contribution in [0.4, 0.5) is 0 Å². The van der Waals surface area contributed by atoms with Crippen LogP contribution in [-0.2, 0) is 9.53 Å². The van der Waals surface area contributed by atoms with Gasteiger partial charge in [-0.05, 0) is 43.2 Å². The smallest absolute Gasteiger partial charge is 0.341 e. The first-order valence-corrected chi connectivity index (χ1v) is 10.4. The Balaban J connectivity index is 1.53. The molecular weight excluding hydrogens is 428 g/mol. The number of esters is 1. The molecule has 1 saturated heterocycles. The number of carboxylic acid groups (broad SMARTS) is 1. The van der Waals surface area contributed by atoms with Crippen molar-refractivity contribution in [3.63, 3.8) is 0 Å². The molecule has 1 fully saturated rings. The summed E-state index contributed by atoms with van der Waals surface area (Å²) in [5, 5.41) is 24.6. The molecule has 0 unspecified atom stereocenters. The maximum Gasteiger partial charge on any atom is 0.341 e. The third-order valence-corrected chi connectivity index (χ3v) is 5.00. The lowest BCUT2D eigenvalue weighted by atomic mass is 10.1. The highest BCUT2D eigenvalue weighted by molar-refractivity contribution is 5.98. The Bertz CT molecular complexity index is 1030. The van der Waals surface area contributed by atoms with Crippen molar-refractivity contribution in [3.8, 4) is 11.5 Å². The van der Waals surface area contributed by atoms with Gasteiger partial charge in [-0.15, -0.1) is 0 Å². The Labute approximate surface area is 190 Å². The van der Waals surface area contributed by atoms with Gasteiger partial charge in [0, 0.05) is 24.2 Å². The number of carboxylic acids is 1. The van der Waals surface area contributed by atoms with Crippen molar-refractivity contribution >= 4 is 23.6 Å². The van der Waals surface area contributed by atoms with Crippen LogP contribution in [0.5, 0.6) is 11.5 Å². The van der Waals surface area contributed by atoms with Crippen LogP contribution in [0.15, 0.2) is 42.5 Å². The Morgan fingerprint density at radius 2 is 1.55 bits per heavy atom. The molecule has 10 nitrogen and oxygen atoms in total. The number of hydrogen-bond donors (Lipinski definition) is 4. The predicted octanol–water partition coefficient (Wildman–Crippen LogP) is 2.09. The van der Waals surface area contributed by atoms with Crippen molar-refractivity contribution < 1.29 is 28.9 Å². The van der Waals surface area contributed by atoms with Gasteiger partial charge in [-0.25, -0.2) is 9.59 Å². The molecule has 10 heteroatoms. The molecule has 0 saturated carbocycles. The van der Waals surface area contributed by atoms with E-state index in [4.69, 9.17) is 35.9 Å². The Hall–Kier alpha value is -4.08. The molecule has 2 aromatic rings. The monoisotopic (exact) mass is 454 g/mol. The lowest BCUT2D eigenvalue weighted by molar-refractivity contribution is -0.139. The van der Waals surface area contributed by atoms with Crippen molar-refractivity contribution in [1.82, 2.24) is 4.90 Å². The summed E-state index contributed by atoms with van der Waals surface area (Å²) < 4.78 is 16.0. The van der Waals surface area contributed by atoms with Gasteiger partial charge >= 0.3 is 11.9 Å². The molecule has 5 N–H and O–H groups in total. The number of ether oxygens (including phenoxy) is 3. The molecule has 2 aromatic carbocycles. The standard InChI is InChI=1S/C23H26N4O6/c24-21(25)17-7-8-18(33-14-20(28)29)19(13-17)31-11-12-32-23(30)16-5-3-15(4-6-16)22(26)27-9-1-2-10-27/h3-8,13,26H,1-2,9-12,14H2,(H3,24,25)(H,28,29). The molecular formula is C23H26N4O6. The van der Waals surface area contributed by atoms with E-state index in [-0.39, 0.29) is 30.5 Å². The van der Waals surface area contributed by atoms with Gasteiger partial charge in [-0.2, -0.15) is 0 Å². The van der Waals surface area contributed by atoms with Crippen LogP contribution in [0.1, 0.15) is 34.3 Å². The fraction of sp³-hybridized carbons (Fsp3) is 0.304. The number of hydrogen-bond acceptors (Lipinski definition) is 7. The summed E-state index contributed by atoms with van der Waals surface area (Å²) in [6, 6.07) is 11.1.